The van der Waals surface area contributed by atoms with Gasteiger partial charge in [0.15, 0.2) is 0 Å². The van der Waals surface area contributed by atoms with E-state index in [0.717, 1.165) is 32.4 Å². The first kappa shape index (κ1) is 15.6. The summed E-state index contributed by atoms with van der Waals surface area (Å²) in [7, 11) is 1.69. The summed E-state index contributed by atoms with van der Waals surface area (Å²) in [4.78, 5) is 2.66. The zero-order chi connectivity index (χ0) is 13.4. The molecule has 0 radical (unpaired) electrons. The predicted octanol–water partition coefficient (Wildman–Crippen LogP) is 2.23. The number of nitrogens with one attached hydrogen (secondary N) is 1. The largest absolute Gasteiger partial charge is 0.390 e. The van der Waals surface area contributed by atoms with Gasteiger partial charge in [0, 0.05) is 29.8 Å². The standard InChI is InChI=1S/C14H25NO2S/c1-4-12-5-6-13(18-12)11-14(2,16)7-8-15-9-10-17-3/h5-6,15-16H,4,7-11H2,1-3H3. The van der Waals surface area contributed by atoms with Crippen molar-refractivity contribution in [3.8, 4) is 0 Å². The van der Waals surface area contributed by atoms with E-state index in [1.807, 2.05) is 6.92 Å². The quantitative estimate of drug-likeness (QED) is 0.677. The van der Waals surface area contributed by atoms with Crippen LogP contribution in [0.2, 0.25) is 0 Å². The van der Waals surface area contributed by atoms with Crippen LogP contribution < -0.4 is 5.32 Å². The summed E-state index contributed by atoms with van der Waals surface area (Å²) in [6.07, 6.45) is 2.57. The number of rotatable bonds is 9. The minimum atomic E-state index is -0.629. The minimum Gasteiger partial charge on any atom is -0.390 e. The minimum absolute atomic E-state index is 0.629. The molecule has 0 saturated carbocycles. The van der Waals surface area contributed by atoms with Crippen molar-refractivity contribution < 1.29 is 9.84 Å². The second-order valence-electron chi connectivity index (χ2n) is 4.89. The van der Waals surface area contributed by atoms with Crippen LogP contribution in [-0.4, -0.2) is 37.5 Å². The van der Waals surface area contributed by atoms with Crippen LogP contribution in [0.3, 0.4) is 0 Å². The Labute approximate surface area is 114 Å². The molecule has 0 fully saturated rings. The molecule has 1 rings (SSSR count). The van der Waals surface area contributed by atoms with Crippen LogP contribution in [0.4, 0.5) is 0 Å². The van der Waals surface area contributed by atoms with Gasteiger partial charge in [-0.1, -0.05) is 6.92 Å². The lowest BCUT2D eigenvalue weighted by molar-refractivity contribution is 0.0518. The fraction of sp³-hybridized carbons (Fsp3) is 0.714. The summed E-state index contributed by atoms with van der Waals surface area (Å²) in [6, 6.07) is 4.29. The normalized spacial score (nSPS) is 14.7. The van der Waals surface area contributed by atoms with E-state index in [1.165, 1.54) is 9.75 Å². The Morgan fingerprint density at radius 2 is 2.06 bits per heavy atom. The van der Waals surface area contributed by atoms with Crippen molar-refractivity contribution in [3.63, 3.8) is 0 Å². The molecular weight excluding hydrogens is 246 g/mol. The van der Waals surface area contributed by atoms with Gasteiger partial charge in [0.1, 0.15) is 0 Å². The molecule has 1 atom stereocenters. The van der Waals surface area contributed by atoms with Gasteiger partial charge in [-0.05, 0) is 38.4 Å². The highest BCUT2D eigenvalue weighted by Gasteiger charge is 2.21. The molecule has 0 saturated heterocycles. The van der Waals surface area contributed by atoms with Crippen molar-refractivity contribution in [2.45, 2.75) is 38.7 Å². The Morgan fingerprint density at radius 1 is 1.33 bits per heavy atom. The molecule has 0 aliphatic heterocycles. The average Bonchev–Trinajstić information content (AvgIpc) is 2.75. The van der Waals surface area contributed by atoms with Gasteiger partial charge in [-0.3, -0.25) is 0 Å². The molecule has 0 aromatic carbocycles. The zero-order valence-electron chi connectivity index (χ0n) is 11.7. The molecule has 1 aromatic rings. The van der Waals surface area contributed by atoms with Gasteiger partial charge in [0.05, 0.1) is 12.2 Å². The number of thiophene rings is 1. The maximum Gasteiger partial charge on any atom is 0.0679 e. The predicted molar refractivity (Wildman–Crippen MR) is 77.4 cm³/mol. The third-order valence-corrected chi connectivity index (χ3v) is 4.17. The van der Waals surface area contributed by atoms with Crippen molar-refractivity contribution in [1.29, 1.82) is 0 Å². The van der Waals surface area contributed by atoms with Crippen LogP contribution in [0.15, 0.2) is 12.1 Å². The fourth-order valence-corrected chi connectivity index (χ4v) is 2.96. The van der Waals surface area contributed by atoms with E-state index < -0.39 is 5.60 Å². The van der Waals surface area contributed by atoms with E-state index in [-0.39, 0.29) is 0 Å². The van der Waals surface area contributed by atoms with Crippen LogP contribution in [0.5, 0.6) is 0 Å². The maximum atomic E-state index is 10.3. The number of hydrogen-bond donors (Lipinski definition) is 2. The first-order valence-electron chi connectivity index (χ1n) is 6.57. The van der Waals surface area contributed by atoms with Crippen LogP contribution in [0, 0.1) is 0 Å². The third-order valence-electron chi connectivity index (χ3n) is 2.94. The lowest BCUT2D eigenvalue weighted by Crippen LogP contribution is -2.32. The summed E-state index contributed by atoms with van der Waals surface area (Å²) in [5.41, 5.74) is -0.629. The van der Waals surface area contributed by atoms with Gasteiger partial charge in [0.25, 0.3) is 0 Å². The number of hydrogen-bond acceptors (Lipinski definition) is 4. The Morgan fingerprint density at radius 3 is 2.67 bits per heavy atom. The highest BCUT2D eigenvalue weighted by Crippen LogP contribution is 2.23. The molecule has 0 spiro atoms. The molecule has 2 N–H and O–H groups in total. The number of aryl methyl sites for hydroxylation is 1. The van der Waals surface area contributed by atoms with Gasteiger partial charge in [-0.25, -0.2) is 0 Å². The van der Waals surface area contributed by atoms with Crippen molar-refractivity contribution in [2.24, 2.45) is 0 Å². The highest BCUT2D eigenvalue weighted by molar-refractivity contribution is 7.12. The second kappa shape index (κ2) is 7.89. The monoisotopic (exact) mass is 271 g/mol. The molecule has 3 nitrogen and oxygen atoms in total. The Hall–Kier alpha value is -0.420. The average molecular weight is 271 g/mol. The van der Waals surface area contributed by atoms with Crippen LogP contribution >= 0.6 is 11.3 Å². The summed E-state index contributed by atoms with van der Waals surface area (Å²) < 4.78 is 4.96. The SMILES string of the molecule is CCc1ccc(CC(C)(O)CCNCCOC)s1. The van der Waals surface area contributed by atoms with Crippen LogP contribution in [0.1, 0.15) is 30.0 Å². The van der Waals surface area contributed by atoms with Gasteiger partial charge in [-0.2, -0.15) is 0 Å². The van der Waals surface area contributed by atoms with Crippen molar-refractivity contribution >= 4 is 11.3 Å². The molecule has 1 aromatic heterocycles. The van der Waals surface area contributed by atoms with Crippen LogP contribution in [0.25, 0.3) is 0 Å². The maximum absolute atomic E-state index is 10.3. The molecule has 0 amide bonds. The summed E-state index contributed by atoms with van der Waals surface area (Å²) in [6.45, 7) is 6.45. The summed E-state index contributed by atoms with van der Waals surface area (Å²) >= 11 is 1.81. The van der Waals surface area contributed by atoms with Crippen LogP contribution in [-0.2, 0) is 17.6 Å². The van der Waals surface area contributed by atoms with Gasteiger partial charge in [-0.15, -0.1) is 11.3 Å². The molecule has 104 valence electrons. The molecular formula is C14H25NO2S. The topological polar surface area (TPSA) is 41.5 Å². The molecule has 0 aliphatic rings. The Kier molecular flexibility index (Phi) is 6.86. The summed E-state index contributed by atoms with van der Waals surface area (Å²) in [5.74, 6) is 0. The first-order valence-corrected chi connectivity index (χ1v) is 7.38. The molecule has 0 aliphatic carbocycles. The van der Waals surface area contributed by atoms with Crippen molar-refractivity contribution in [2.75, 3.05) is 26.8 Å². The smallest absolute Gasteiger partial charge is 0.0679 e. The molecule has 1 unspecified atom stereocenters. The van der Waals surface area contributed by atoms with Crippen molar-refractivity contribution in [3.05, 3.63) is 21.9 Å². The third kappa shape index (κ3) is 5.96. The fourth-order valence-electron chi connectivity index (χ4n) is 1.83. The van der Waals surface area contributed by atoms with E-state index >= 15 is 0 Å². The first-order chi connectivity index (χ1) is 8.57. The molecule has 4 heteroatoms. The highest BCUT2D eigenvalue weighted by atomic mass is 32.1. The lowest BCUT2D eigenvalue weighted by atomic mass is 9.97. The number of ether oxygens (including phenoxy) is 1. The molecule has 1 heterocycles. The summed E-state index contributed by atoms with van der Waals surface area (Å²) in [5, 5.41) is 13.6. The van der Waals surface area contributed by atoms with E-state index in [1.54, 1.807) is 18.4 Å². The van der Waals surface area contributed by atoms with E-state index in [2.05, 4.69) is 24.4 Å². The lowest BCUT2D eigenvalue weighted by Gasteiger charge is -2.22. The van der Waals surface area contributed by atoms with E-state index in [0.29, 0.717) is 6.61 Å². The van der Waals surface area contributed by atoms with Crippen molar-refractivity contribution in [1.82, 2.24) is 5.32 Å². The zero-order valence-corrected chi connectivity index (χ0v) is 12.5. The number of aliphatic hydroxyl groups is 1. The van der Waals surface area contributed by atoms with Gasteiger partial charge in [0.2, 0.25) is 0 Å². The second-order valence-corrected chi connectivity index (χ2v) is 6.14. The molecule has 18 heavy (non-hydrogen) atoms. The Bertz CT molecular complexity index is 336. The van der Waals surface area contributed by atoms with Gasteiger partial charge < -0.3 is 15.2 Å². The van der Waals surface area contributed by atoms with E-state index in [9.17, 15) is 5.11 Å². The Balaban J connectivity index is 2.29. The molecule has 0 bridgehead atoms. The van der Waals surface area contributed by atoms with Gasteiger partial charge >= 0.3 is 0 Å². The van der Waals surface area contributed by atoms with E-state index in [4.69, 9.17) is 4.74 Å². The number of methoxy groups -OCH3 is 1.